The number of furan rings is 1. The fraction of sp³-hybridized carbons (Fsp3) is 0. The van der Waals surface area contributed by atoms with Gasteiger partial charge in [-0.05, 0) is 29.8 Å². The zero-order valence-corrected chi connectivity index (χ0v) is 8.32. The topological polar surface area (TPSA) is 39.2 Å². The van der Waals surface area contributed by atoms with Crippen LogP contribution >= 0.6 is 27.5 Å². The second kappa shape index (κ2) is 2.68. The van der Waals surface area contributed by atoms with Crippen LogP contribution in [-0.4, -0.2) is 0 Å². The van der Waals surface area contributed by atoms with E-state index in [0.29, 0.717) is 11.3 Å². The van der Waals surface area contributed by atoms with Gasteiger partial charge in [0.25, 0.3) is 0 Å². The standard InChI is InChI=1S/C8H5BrClNO/c9-4-1-2-6-5(3-4)7(11)8(10)12-6/h1-3H,11H2. The van der Waals surface area contributed by atoms with Gasteiger partial charge in [-0.1, -0.05) is 15.9 Å². The number of hydrogen-bond donors (Lipinski definition) is 1. The molecule has 2 aromatic rings. The van der Waals surface area contributed by atoms with Crippen LogP contribution < -0.4 is 5.73 Å². The number of nitrogens with two attached hydrogens (primary N) is 1. The van der Waals surface area contributed by atoms with Crippen molar-refractivity contribution in [3.05, 3.63) is 27.9 Å². The average Bonchev–Trinajstić information content (AvgIpc) is 2.31. The van der Waals surface area contributed by atoms with E-state index < -0.39 is 0 Å². The lowest BCUT2D eigenvalue weighted by molar-refractivity contribution is 0.619. The minimum Gasteiger partial charge on any atom is -0.442 e. The number of rotatable bonds is 0. The number of halogens is 2. The maximum atomic E-state index is 5.70. The van der Waals surface area contributed by atoms with Crippen molar-refractivity contribution in [2.24, 2.45) is 0 Å². The highest BCUT2D eigenvalue weighted by Crippen LogP contribution is 2.33. The summed E-state index contributed by atoms with van der Waals surface area (Å²) in [4.78, 5) is 0. The summed E-state index contributed by atoms with van der Waals surface area (Å²) in [6, 6.07) is 5.57. The second-order valence-corrected chi connectivity index (χ2v) is 3.69. The van der Waals surface area contributed by atoms with E-state index >= 15 is 0 Å². The zero-order valence-electron chi connectivity index (χ0n) is 5.97. The number of fused-ring (bicyclic) bond motifs is 1. The van der Waals surface area contributed by atoms with Gasteiger partial charge < -0.3 is 10.2 Å². The molecule has 12 heavy (non-hydrogen) atoms. The first-order valence-corrected chi connectivity index (χ1v) is 4.48. The number of hydrogen-bond acceptors (Lipinski definition) is 2. The van der Waals surface area contributed by atoms with Crippen LogP contribution in [0.5, 0.6) is 0 Å². The van der Waals surface area contributed by atoms with Crippen molar-refractivity contribution in [1.29, 1.82) is 0 Å². The molecule has 0 aliphatic carbocycles. The van der Waals surface area contributed by atoms with E-state index in [9.17, 15) is 0 Å². The average molecular weight is 246 g/mol. The first-order chi connectivity index (χ1) is 5.68. The molecule has 1 aromatic carbocycles. The second-order valence-electron chi connectivity index (χ2n) is 2.43. The third-order valence-electron chi connectivity index (χ3n) is 1.64. The van der Waals surface area contributed by atoms with Crippen LogP contribution in [0.3, 0.4) is 0 Å². The summed E-state index contributed by atoms with van der Waals surface area (Å²) in [5.41, 5.74) is 6.86. The summed E-state index contributed by atoms with van der Waals surface area (Å²) in [7, 11) is 0. The molecular formula is C8H5BrClNO. The van der Waals surface area contributed by atoms with Gasteiger partial charge in [-0.15, -0.1) is 0 Å². The van der Waals surface area contributed by atoms with Gasteiger partial charge in [0.05, 0.1) is 5.69 Å². The largest absolute Gasteiger partial charge is 0.442 e. The first kappa shape index (κ1) is 7.95. The minimum absolute atomic E-state index is 0.253. The molecule has 0 amide bonds. The van der Waals surface area contributed by atoms with Crippen molar-refractivity contribution in [1.82, 2.24) is 0 Å². The molecule has 0 unspecified atom stereocenters. The van der Waals surface area contributed by atoms with Crippen LogP contribution in [0.25, 0.3) is 11.0 Å². The number of nitrogen functional groups attached to an aromatic ring is 1. The van der Waals surface area contributed by atoms with E-state index in [4.69, 9.17) is 21.8 Å². The van der Waals surface area contributed by atoms with Crippen molar-refractivity contribution in [2.45, 2.75) is 0 Å². The van der Waals surface area contributed by atoms with E-state index in [-0.39, 0.29) is 5.22 Å². The van der Waals surface area contributed by atoms with Crippen molar-refractivity contribution in [2.75, 3.05) is 5.73 Å². The molecule has 0 saturated carbocycles. The predicted molar refractivity (Wildman–Crippen MR) is 53.3 cm³/mol. The molecule has 0 radical (unpaired) electrons. The molecule has 0 fully saturated rings. The van der Waals surface area contributed by atoms with Gasteiger partial charge in [-0.2, -0.15) is 0 Å². The van der Waals surface area contributed by atoms with Crippen LogP contribution in [0.1, 0.15) is 0 Å². The van der Waals surface area contributed by atoms with Crippen molar-refractivity contribution in [3.63, 3.8) is 0 Å². The molecule has 0 bridgehead atoms. The zero-order chi connectivity index (χ0) is 8.72. The third kappa shape index (κ3) is 1.09. The molecule has 2 nitrogen and oxygen atoms in total. The highest BCUT2D eigenvalue weighted by Gasteiger charge is 2.08. The normalized spacial score (nSPS) is 10.8. The van der Waals surface area contributed by atoms with Gasteiger partial charge in [-0.3, -0.25) is 0 Å². The molecule has 4 heteroatoms. The molecule has 0 spiro atoms. The summed E-state index contributed by atoms with van der Waals surface area (Å²) >= 11 is 9.03. The third-order valence-corrected chi connectivity index (χ3v) is 2.42. The van der Waals surface area contributed by atoms with Crippen LogP contribution in [0, 0.1) is 0 Å². The molecule has 0 aliphatic heterocycles. The van der Waals surface area contributed by atoms with Crippen LogP contribution in [0.15, 0.2) is 27.1 Å². The lowest BCUT2D eigenvalue weighted by Gasteiger charge is -1.89. The van der Waals surface area contributed by atoms with Gasteiger partial charge >= 0.3 is 0 Å². The SMILES string of the molecule is Nc1c(Cl)oc2ccc(Br)cc12. The Hall–Kier alpha value is -0.670. The minimum atomic E-state index is 0.253. The molecular weight excluding hydrogens is 241 g/mol. The molecule has 2 N–H and O–H groups in total. The molecule has 0 aliphatic rings. The quantitative estimate of drug-likeness (QED) is 0.773. The Morgan fingerprint density at radius 2 is 2.17 bits per heavy atom. The Morgan fingerprint density at radius 1 is 1.42 bits per heavy atom. The number of benzene rings is 1. The van der Waals surface area contributed by atoms with Gasteiger partial charge in [0.15, 0.2) is 0 Å². The van der Waals surface area contributed by atoms with Gasteiger partial charge in [0, 0.05) is 9.86 Å². The van der Waals surface area contributed by atoms with Crippen LogP contribution in [-0.2, 0) is 0 Å². The fourth-order valence-corrected chi connectivity index (χ4v) is 1.61. The molecule has 1 heterocycles. The number of anilines is 1. The van der Waals surface area contributed by atoms with Crippen LogP contribution in [0.4, 0.5) is 5.69 Å². The smallest absolute Gasteiger partial charge is 0.217 e. The maximum absolute atomic E-state index is 5.70. The molecule has 2 rings (SSSR count). The van der Waals surface area contributed by atoms with Gasteiger partial charge in [0.1, 0.15) is 5.58 Å². The van der Waals surface area contributed by atoms with E-state index in [2.05, 4.69) is 15.9 Å². The predicted octanol–water partition coefficient (Wildman–Crippen LogP) is 3.43. The monoisotopic (exact) mass is 245 g/mol. The Balaban J connectivity index is 2.88. The first-order valence-electron chi connectivity index (χ1n) is 3.31. The van der Waals surface area contributed by atoms with Crippen LogP contribution in [0.2, 0.25) is 5.22 Å². The van der Waals surface area contributed by atoms with Crippen molar-refractivity contribution >= 4 is 44.2 Å². The summed E-state index contributed by atoms with van der Waals surface area (Å²) in [5, 5.41) is 1.09. The molecule has 0 saturated heterocycles. The Labute approximate surface area is 82.4 Å². The molecule has 62 valence electrons. The maximum Gasteiger partial charge on any atom is 0.217 e. The van der Waals surface area contributed by atoms with E-state index in [1.165, 1.54) is 0 Å². The highest BCUT2D eigenvalue weighted by atomic mass is 79.9. The molecule has 0 atom stereocenters. The highest BCUT2D eigenvalue weighted by molar-refractivity contribution is 9.10. The Bertz CT molecular complexity index is 438. The summed E-state index contributed by atoms with van der Waals surface area (Å²) in [5.74, 6) is 0. The summed E-state index contributed by atoms with van der Waals surface area (Å²) < 4.78 is 6.13. The summed E-state index contributed by atoms with van der Waals surface area (Å²) in [6.45, 7) is 0. The van der Waals surface area contributed by atoms with E-state index in [0.717, 1.165) is 9.86 Å². The fourth-order valence-electron chi connectivity index (χ4n) is 1.06. The lowest BCUT2D eigenvalue weighted by Crippen LogP contribution is -1.81. The van der Waals surface area contributed by atoms with E-state index in [1.807, 2.05) is 18.2 Å². The van der Waals surface area contributed by atoms with E-state index in [1.54, 1.807) is 0 Å². The van der Waals surface area contributed by atoms with Crippen molar-refractivity contribution < 1.29 is 4.42 Å². The van der Waals surface area contributed by atoms with Gasteiger partial charge in [-0.25, -0.2) is 0 Å². The molecule has 1 aromatic heterocycles. The van der Waals surface area contributed by atoms with Crippen molar-refractivity contribution in [3.8, 4) is 0 Å². The Kier molecular flexibility index (Phi) is 1.77. The summed E-state index contributed by atoms with van der Waals surface area (Å²) in [6.07, 6.45) is 0. The van der Waals surface area contributed by atoms with Gasteiger partial charge in [0.2, 0.25) is 5.22 Å². The Morgan fingerprint density at radius 3 is 2.92 bits per heavy atom. The lowest BCUT2D eigenvalue weighted by atomic mass is 10.2.